The van der Waals surface area contributed by atoms with E-state index < -0.39 is 18.0 Å². The van der Waals surface area contributed by atoms with Crippen molar-refractivity contribution in [2.45, 2.75) is 44.1 Å². The molecule has 0 saturated carbocycles. The van der Waals surface area contributed by atoms with Crippen molar-refractivity contribution in [2.24, 2.45) is 5.92 Å². The first-order valence-electron chi connectivity index (χ1n) is 11.8. The van der Waals surface area contributed by atoms with Crippen molar-refractivity contribution >= 4 is 18.0 Å². The second kappa shape index (κ2) is 11.0. The van der Waals surface area contributed by atoms with Crippen LogP contribution in [0.2, 0.25) is 0 Å². The highest BCUT2D eigenvalue weighted by Crippen LogP contribution is 2.44. The zero-order chi connectivity index (χ0) is 23.9. The Balaban J connectivity index is 1.10. The molecule has 2 aliphatic carbocycles. The zero-order valence-electron chi connectivity index (χ0n) is 19.0. The third-order valence-corrected chi connectivity index (χ3v) is 6.44. The van der Waals surface area contributed by atoms with E-state index in [0.717, 1.165) is 12.8 Å². The van der Waals surface area contributed by atoms with Gasteiger partial charge < -0.3 is 20.5 Å². The van der Waals surface area contributed by atoms with E-state index in [1.807, 2.05) is 24.3 Å². The number of nitrogens with one attached hydrogen (secondary N) is 2. The lowest BCUT2D eigenvalue weighted by molar-refractivity contribution is -0.140. The number of benzene rings is 2. The Morgan fingerprint density at radius 3 is 2.24 bits per heavy atom. The van der Waals surface area contributed by atoms with Crippen LogP contribution in [0.15, 0.2) is 60.7 Å². The normalized spacial score (nSPS) is 18.2. The Morgan fingerprint density at radius 1 is 0.912 bits per heavy atom. The molecule has 2 atom stereocenters. The van der Waals surface area contributed by atoms with Gasteiger partial charge >= 0.3 is 12.1 Å². The highest BCUT2D eigenvalue weighted by Gasteiger charge is 2.29. The lowest BCUT2D eigenvalue weighted by Crippen LogP contribution is -2.33. The topological polar surface area (TPSA) is 105 Å². The maximum Gasteiger partial charge on any atom is 0.407 e. The molecule has 2 aromatic rings. The molecule has 0 saturated heterocycles. The molecule has 178 valence electrons. The number of hydrogen-bond donors (Lipinski definition) is 3. The molecule has 0 fully saturated rings. The van der Waals surface area contributed by atoms with Crippen LogP contribution in [0.25, 0.3) is 11.1 Å². The molecule has 2 amide bonds. The van der Waals surface area contributed by atoms with Gasteiger partial charge in [0.1, 0.15) is 6.61 Å². The van der Waals surface area contributed by atoms with Crippen molar-refractivity contribution in [3.63, 3.8) is 0 Å². The second-order valence-corrected chi connectivity index (χ2v) is 8.80. The predicted molar refractivity (Wildman–Crippen MR) is 128 cm³/mol. The number of ether oxygens (including phenoxy) is 1. The molecule has 0 aliphatic heterocycles. The van der Waals surface area contributed by atoms with Crippen molar-refractivity contribution in [1.29, 1.82) is 0 Å². The zero-order valence-corrected chi connectivity index (χ0v) is 19.0. The van der Waals surface area contributed by atoms with Crippen LogP contribution in [0.5, 0.6) is 0 Å². The number of carbonyl (C=O) groups excluding carboxylic acids is 2. The van der Waals surface area contributed by atoms with Crippen LogP contribution in [0.3, 0.4) is 0 Å². The van der Waals surface area contributed by atoms with Gasteiger partial charge in [0.25, 0.3) is 0 Å². The predicted octanol–water partition coefficient (Wildman–Crippen LogP) is 4.23. The fourth-order valence-electron chi connectivity index (χ4n) is 4.70. The Morgan fingerprint density at radius 2 is 1.59 bits per heavy atom. The molecule has 34 heavy (non-hydrogen) atoms. The van der Waals surface area contributed by atoms with Gasteiger partial charge in [-0.1, -0.05) is 67.1 Å². The Bertz CT molecular complexity index is 1030. The van der Waals surface area contributed by atoms with Crippen LogP contribution >= 0.6 is 0 Å². The standard InChI is InChI=1S/C27H30N2O5/c30-25(29-19-14-13-18(16-19)26(31)32)12-2-1-7-15-28-27(33)34-17-24-22-10-5-3-8-20(22)21-9-4-6-11-23(21)24/h3-6,8-11,13-14,18-19,24H,1-2,7,12,15-17H2,(H,28,33)(H,29,30)(H,31,32). The number of carboxylic acids is 1. The fourth-order valence-corrected chi connectivity index (χ4v) is 4.70. The van der Waals surface area contributed by atoms with Gasteiger partial charge in [0.2, 0.25) is 5.91 Å². The number of carboxylic acid groups (broad SMARTS) is 1. The van der Waals surface area contributed by atoms with Crippen LogP contribution in [0.1, 0.15) is 49.1 Å². The summed E-state index contributed by atoms with van der Waals surface area (Å²) in [6, 6.07) is 16.2. The molecular weight excluding hydrogens is 432 g/mol. The Kier molecular flexibility index (Phi) is 7.62. The third kappa shape index (κ3) is 5.65. The summed E-state index contributed by atoms with van der Waals surface area (Å²) in [7, 11) is 0. The van der Waals surface area contributed by atoms with Gasteiger partial charge in [-0.15, -0.1) is 0 Å². The first-order chi connectivity index (χ1) is 16.5. The molecule has 3 N–H and O–H groups in total. The number of rotatable bonds is 10. The van der Waals surface area contributed by atoms with Crippen LogP contribution in [-0.2, 0) is 14.3 Å². The van der Waals surface area contributed by atoms with Crippen molar-refractivity contribution < 1.29 is 24.2 Å². The summed E-state index contributed by atoms with van der Waals surface area (Å²) in [5.41, 5.74) is 4.76. The summed E-state index contributed by atoms with van der Waals surface area (Å²) < 4.78 is 5.52. The molecule has 0 aromatic heterocycles. The minimum Gasteiger partial charge on any atom is -0.481 e. The minimum absolute atomic E-state index is 0.0390. The molecule has 7 heteroatoms. The molecule has 0 bridgehead atoms. The Hall–Kier alpha value is -3.61. The first kappa shape index (κ1) is 23.5. The lowest BCUT2D eigenvalue weighted by Gasteiger charge is -2.14. The van der Waals surface area contributed by atoms with Crippen LogP contribution in [0, 0.1) is 5.92 Å². The lowest BCUT2D eigenvalue weighted by atomic mass is 9.98. The number of amides is 2. The monoisotopic (exact) mass is 462 g/mol. The average Bonchev–Trinajstić information content (AvgIpc) is 3.43. The summed E-state index contributed by atoms with van der Waals surface area (Å²) in [6.07, 6.45) is 5.99. The Labute approximate surface area is 199 Å². The van der Waals surface area contributed by atoms with Gasteiger partial charge in [0.05, 0.1) is 5.92 Å². The number of carbonyl (C=O) groups is 3. The van der Waals surface area contributed by atoms with E-state index in [-0.39, 0.29) is 17.9 Å². The maximum atomic E-state index is 12.2. The van der Waals surface area contributed by atoms with Gasteiger partial charge in [-0.25, -0.2) is 4.79 Å². The van der Waals surface area contributed by atoms with Crippen LogP contribution in [-0.4, -0.2) is 42.3 Å². The SMILES string of the molecule is O=C(CCCCCNC(=O)OCC1c2ccccc2-c2ccccc21)NC1C=CC(C(=O)O)C1. The number of aliphatic carboxylic acids is 1. The van der Waals surface area contributed by atoms with Gasteiger partial charge in [-0.05, 0) is 41.5 Å². The summed E-state index contributed by atoms with van der Waals surface area (Å²) >= 11 is 0. The number of alkyl carbamates (subject to hydrolysis) is 1. The summed E-state index contributed by atoms with van der Waals surface area (Å²) in [4.78, 5) is 35.2. The average molecular weight is 463 g/mol. The van der Waals surface area contributed by atoms with E-state index >= 15 is 0 Å². The van der Waals surface area contributed by atoms with Crippen LogP contribution < -0.4 is 10.6 Å². The molecule has 2 unspecified atom stereocenters. The summed E-state index contributed by atoms with van der Waals surface area (Å²) in [5.74, 6) is -1.42. The van der Waals surface area contributed by atoms with Crippen LogP contribution in [0.4, 0.5) is 4.79 Å². The third-order valence-electron chi connectivity index (χ3n) is 6.44. The van der Waals surface area contributed by atoms with E-state index in [2.05, 4.69) is 34.9 Å². The minimum atomic E-state index is -0.864. The maximum absolute atomic E-state index is 12.2. The van der Waals surface area contributed by atoms with E-state index in [9.17, 15) is 14.4 Å². The van der Waals surface area contributed by atoms with Gasteiger partial charge in [0, 0.05) is 24.9 Å². The smallest absolute Gasteiger partial charge is 0.407 e. The summed E-state index contributed by atoms with van der Waals surface area (Å²) in [6.45, 7) is 0.780. The van der Waals surface area contributed by atoms with Crippen molar-refractivity contribution in [1.82, 2.24) is 10.6 Å². The molecule has 4 rings (SSSR count). The van der Waals surface area contributed by atoms with E-state index in [1.54, 1.807) is 12.2 Å². The number of fused-ring (bicyclic) bond motifs is 3. The highest BCUT2D eigenvalue weighted by molar-refractivity contribution is 5.79. The van der Waals surface area contributed by atoms with Gasteiger partial charge in [0.15, 0.2) is 0 Å². The molecule has 0 spiro atoms. The van der Waals surface area contributed by atoms with E-state index in [0.29, 0.717) is 32.4 Å². The van der Waals surface area contributed by atoms with Crippen molar-refractivity contribution in [3.05, 3.63) is 71.8 Å². The molecule has 7 nitrogen and oxygen atoms in total. The van der Waals surface area contributed by atoms with Crippen molar-refractivity contribution in [2.75, 3.05) is 13.2 Å². The quantitative estimate of drug-likeness (QED) is 0.362. The van der Waals surface area contributed by atoms with E-state index in [4.69, 9.17) is 9.84 Å². The molecular formula is C27H30N2O5. The molecule has 0 heterocycles. The van der Waals surface area contributed by atoms with Gasteiger partial charge in [-0.3, -0.25) is 9.59 Å². The van der Waals surface area contributed by atoms with E-state index in [1.165, 1.54) is 22.3 Å². The second-order valence-electron chi connectivity index (χ2n) is 8.80. The number of hydrogen-bond acceptors (Lipinski definition) is 4. The molecule has 0 radical (unpaired) electrons. The largest absolute Gasteiger partial charge is 0.481 e. The summed E-state index contributed by atoms with van der Waals surface area (Å²) in [5, 5.41) is 14.6. The van der Waals surface area contributed by atoms with Crippen molar-refractivity contribution in [3.8, 4) is 11.1 Å². The highest BCUT2D eigenvalue weighted by atomic mass is 16.5. The first-order valence-corrected chi connectivity index (χ1v) is 11.8. The van der Waals surface area contributed by atoms with Gasteiger partial charge in [-0.2, -0.15) is 0 Å². The molecule has 2 aliphatic rings. The fraction of sp³-hybridized carbons (Fsp3) is 0.370. The molecule has 2 aromatic carbocycles. The number of unbranched alkanes of at least 4 members (excludes halogenated alkanes) is 2.